The zero-order chi connectivity index (χ0) is 13.9. The predicted molar refractivity (Wildman–Crippen MR) is 75.6 cm³/mol. The number of fused-ring (bicyclic) bond motifs is 1. The van der Waals surface area contributed by atoms with Gasteiger partial charge in [0.2, 0.25) is 0 Å². The van der Waals surface area contributed by atoms with Crippen LogP contribution in [0.5, 0.6) is 0 Å². The van der Waals surface area contributed by atoms with Gasteiger partial charge in [-0.25, -0.2) is 0 Å². The van der Waals surface area contributed by atoms with Crippen molar-refractivity contribution in [1.29, 1.82) is 0 Å². The molecule has 2 N–H and O–H groups in total. The highest BCUT2D eigenvalue weighted by Gasteiger charge is 2.19. The molecule has 20 heavy (non-hydrogen) atoms. The molecular formula is C13H17N5OS. The van der Waals surface area contributed by atoms with Crippen LogP contribution in [0, 0.1) is 0 Å². The second kappa shape index (κ2) is 5.70. The maximum absolute atomic E-state index is 12.3. The molecule has 1 unspecified atom stereocenters. The number of rotatable bonds is 3. The van der Waals surface area contributed by atoms with E-state index in [4.69, 9.17) is 0 Å². The number of carbonyl (C=O) groups excluding carboxylic acids is 1. The molecule has 1 atom stereocenters. The van der Waals surface area contributed by atoms with E-state index in [9.17, 15) is 4.79 Å². The normalized spacial score (nSPS) is 16.2. The van der Waals surface area contributed by atoms with Crippen molar-refractivity contribution in [2.75, 3.05) is 0 Å². The lowest BCUT2D eigenvalue weighted by Crippen LogP contribution is -2.26. The molecule has 1 aliphatic rings. The molecule has 7 heteroatoms. The Balaban J connectivity index is 1.71. The zero-order valence-electron chi connectivity index (χ0n) is 11.3. The minimum absolute atomic E-state index is 0.0552. The van der Waals surface area contributed by atoms with Gasteiger partial charge in [0.25, 0.3) is 5.91 Å². The quantitative estimate of drug-likeness (QED) is 0.847. The van der Waals surface area contributed by atoms with Crippen LogP contribution in [0.3, 0.4) is 0 Å². The molecule has 0 saturated heterocycles. The van der Waals surface area contributed by atoms with Crippen LogP contribution in [0.25, 0.3) is 0 Å². The number of nitrogens with one attached hydrogen (secondary N) is 2. The summed E-state index contributed by atoms with van der Waals surface area (Å²) in [6, 6.07) is 1.80. The Morgan fingerprint density at radius 2 is 2.25 bits per heavy atom. The maximum Gasteiger partial charge on any atom is 0.261 e. The first-order valence-electron chi connectivity index (χ1n) is 6.90. The number of amides is 1. The molecule has 0 aromatic carbocycles. The number of aromatic amines is 1. The van der Waals surface area contributed by atoms with E-state index in [0.29, 0.717) is 5.82 Å². The number of thiophene rings is 1. The van der Waals surface area contributed by atoms with Crippen molar-refractivity contribution in [3.8, 4) is 0 Å². The van der Waals surface area contributed by atoms with Gasteiger partial charge in [0.15, 0.2) is 5.82 Å². The Morgan fingerprint density at radius 3 is 3.05 bits per heavy atom. The first-order chi connectivity index (χ1) is 9.74. The predicted octanol–water partition coefficient (Wildman–Crippen LogP) is 2.02. The first kappa shape index (κ1) is 13.2. The topological polar surface area (TPSA) is 83.6 Å². The van der Waals surface area contributed by atoms with E-state index in [-0.39, 0.29) is 11.9 Å². The number of hydrogen-bond donors (Lipinski definition) is 2. The second-order valence-electron chi connectivity index (χ2n) is 5.08. The van der Waals surface area contributed by atoms with Crippen LogP contribution in [-0.4, -0.2) is 26.5 Å². The highest BCUT2D eigenvalue weighted by molar-refractivity contribution is 7.14. The number of tetrazole rings is 1. The Morgan fingerprint density at radius 1 is 1.40 bits per heavy atom. The summed E-state index contributed by atoms with van der Waals surface area (Å²) in [5, 5.41) is 16.6. The van der Waals surface area contributed by atoms with E-state index in [0.717, 1.165) is 17.7 Å². The van der Waals surface area contributed by atoms with Gasteiger partial charge < -0.3 is 5.32 Å². The van der Waals surface area contributed by atoms with Crippen molar-refractivity contribution in [2.45, 2.75) is 45.1 Å². The Hall–Kier alpha value is -1.76. The average molecular weight is 291 g/mol. The molecule has 2 aromatic rings. The summed E-state index contributed by atoms with van der Waals surface area (Å²) < 4.78 is 0. The lowest BCUT2D eigenvalue weighted by Gasteiger charge is -2.08. The molecule has 0 spiro atoms. The van der Waals surface area contributed by atoms with Crippen LogP contribution < -0.4 is 5.32 Å². The maximum atomic E-state index is 12.3. The Bertz CT molecular complexity index is 568. The standard InChI is InChI=1S/C13H17N5OS/c1-8(12-15-17-18-16-12)14-13(19)11-7-9-5-3-2-4-6-10(9)20-11/h7-8H,2-6H2,1H3,(H,14,19)(H,15,16,17,18). The van der Waals surface area contributed by atoms with E-state index >= 15 is 0 Å². The lowest BCUT2D eigenvalue weighted by atomic mass is 10.1. The molecule has 1 amide bonds. The van der Waals surface area contributed by atoms with Gasteiger partial charge >= 0.3 is 0 Å². The number of carbonyl (C=O) groups is 1. The van der Waals surface area contributed by atoms with Gasteiger partial charge in [-0.2, -0.15) is 5.21 Å². The molecule has 2 aromatic heterocycles. The van der Waals surface area contributed by atoms with E-state index in [1.165, 1.54) is 29.7 Å². The number of aryl methyl sites for hydroxylation is 2. The highest BCUT2D eigenvalue weighted by atomic mass is 32.1. The van der Waals surface area contributed by atoms with Crippen molar-refractivity contribution < 1.29 is 4.79 Å². The number of hydrogen-bond acceptors (Lipinski definition) is 5. The minimum atomic E-state index is -0.247. The fraction of sp³-hybridized carbons (Fsp3) is 0.538. The fourth-order valence-corrected chi connectivity index (χ4v) is 3.62. The lowest BCUT2D eigenvalue weighted by molar-refractivity contribution is 0.0942. The fourth-order valence-electron chi connectivity index (χ4n) is 2.46. The van der Waals surface area contributed by atoms with Gasteiger partial charge in [0.05, 0.1) is 10.9 Å². The first-order valence-corrected chi connectivity index (χ1v) is 7.71. The SMILES string of the molecule is CC(NC(=O)c1cc2c(s1)CCCCC2)c1nn[nH]n1. The van der Waals surface area contributed by atoms with E-state index < -0.39 is 0 Å². The van der Waals surface area contributed by atoms with Crippen LogP contribution in [-0.2, 0) is 12.8 Å². The molecule has 0 radical (unpaired) electrons. The molecule has 106 valence electrons. The third-order valence-electron chi connectivity index (χ3n) is 3.57. The molecule has 0 aliphatic heterocycles. The van der Waals surface area contributed by atoms with Crippen molar-refractivity contribution >= 4 is 17.2 Å². The van der Waals surface area contributed by atoms with Crippen LogP contribution in [0.1, 0.15) is 58.2 Å². The highest BCUT2D eigenvalue weighted by Crippen LogP contribution is 2.29. The van der Waals surface area contributed by atoms with E-state index in [1.807, 2.05) is 13.0 Å². The molecule has 0 saturated carbocycles. The van der Waals surface area contributed by atoms with Crippen LogP contribution >= 0.6 is 11.3 Å². The summed E-state index contributed by atoms with van der Waals surface area (Å²) in [7, 11) is 0. The van der Waals surface area contributed by atoms with Crippen molar-refractivity contribution in [3.63, 3.8) is 0 Å². The summed E-state index contributed by atoms with van der Waals surface area (Å²) >= 11 is 1.62. The summed E-state index contributed by atoms with van der Waals surface area (Å²) in [4.78, 5) is 14.4. The van der Waals surface area contributed by atoms with E-state index in [1.54, 1.807) is 11.3 Å². The number of aromatic nitrogens is 4. The molecule has 3 rings (SSSR count). The zero-order valence-corrected chi connectivity index (χ0v) is 12.2. The summed E-state index contributed by atoms with van der Waals surface area (Å²) in [5.41, 5.74) is 1.35. The van der Waals surface area contributed by atoms with Gasteiger partial charge in [-0.3, -0.25) is 4.79 Å². The van der Waals surface area contributed by atoms with Gasteiger partial charge in [0, 0.05) is 4.88 Å². The molecule has 0 fully saturated rings. The summed E-state index contributed by atoms with van der Waals surface area (Å²) in [5.74, 6) is 0.442. The summed E-state index contributed by atoms with van der Waals surface area (Å²) in [6.07, 6.45) is 5.95. The van der Waals surface area contributed by atoms with Crippen molar-refractivity contribution in [1.82, 2.24) is 25.9 Å². The number of H-pyrrole nitrogens is 1. The Kier molecular flexibility index (Phi) is 3.77. The van der Waals surface area contributed by atoms with Crippen molar-refractivity contribution in [2.24, 2.45) is 0 Å². The smallest absolute Gasteiger partial charge is 0.261 e. The third-order valence-corrected chi connectivity index (χ3v) is 4.80. The van der Waals surface area contributed by atoms with Crippen LogP contribution in [0.15, 0.2) is 6.07 Å². The van der Waals surface area contributed by atoms with Crippen LogP contribution in [0.4, 0.5) is 0 Å². The third kappa shape index (κ3) is 2.72. The molecule has 0 bridgehead atoms. The van der Waals surface area contributed by atoms with Gasteiger partial charge in [-0.1, -0.05) is 11.6 Å². The van der Waals surface area contributed by atoms with Gasteiger partial charge in [0.1, 0.15) is 0 Å². The van der Waals surface area contributed by atoms with Gasteiger partial charge in [-0.05, 0) is 44.2 Å². The average Bonchev–Trinajstić information content (AvgIpc) is 3.05. The Labute approximate surface area is 121 Å². The molecule has 2 heterocycles. The number of nitrogens with zero attached hydrogens (tertiary/aromatic N) is 3. The molecule has 1 aliphatic carbocycles. The minimum Gasteiger partial charge on any atom is -0.341 e. The molecular weight excluding hydrogens is 274 g/mol. The summed E-state index contributed by atoms with van der Waals surface area (Å²) in [6.45, 7) is 1.85. The van der Waals surface area contributed by atoms with E-state index in [2.05, 4.69) is 25.9 Å². The van der Waals surface area contributed by atoms with Crippen LogP contribution in [0.2, 0.25) is 0 Å². The monoisotopic (exact) mass is 291 g/mol. The largest absolute Gasteiger partial charge is 0.341 e. The van der Waals surface area contributed by atoms with Gasteiger partial charge in [-0.15, -0.1) is 21.5 Å². The second-order valence-corrected chi connectivity index (χ2v) is 6.22. The van der Waals surface area contributed by atoms with Crippen molar-refractivity contribution in [3.05, 3.63) is 27.2 Å². The molecule has 6 nitrogen and oxygen atoms in total.